The molecular formula is C82H72N6Si. The van der Waals surface area contributed by atoms with Crippen LogP contribution in [0.15, 0.2) is 255 Å². The lowest BCUT2D eigenvalue weighted by atomic mass is 10.0. The molecule has 3 heterocycles. The Morgan fingerprint density at radius 2 is 0.348 bits per heavy atom. The van der Waals surface area contributed by atoms with E-state index in [1.807, 2.05) is 0 Å². The Bertz CT molecular complexity index is 3980. The second-order valence-electron chi connectivity index (χ2n) is 25.2. The average molecular weight is 1170 g/mol. The Balaban J connectivity index is 1.14. The van der Waals surface area contributed by atoms with E-state index in [-0.39, 0.29) is 0 Å². The minimum absolute atomic E-state index is 1.07. The van der Waals surface area contributed by atoms with E-state index in [2.05, 4.69) is 353 Å². The summed E-state index contributed by atoms with van der Waals surface area (Å²) in [4.78, 5) is 15.3. The largest absolute Gasteiger partial charge is 0.310 e. The molecule has 3 aliphatic rings. The third-order valence-corrected chi connectivity index (χ3v) is 23.1. The van der Waals surface area contributed by atoms with Gasteiger partial charge in [0.25, 0.3) is 0 Å². The first-order valence-corrected chi connectivity index (χ1v) is 33.6. The molecule has 0 radical (unpaired) electrons. The quantitative estimate of drug-likeness (QED) is 0.113. The van der Waals surface area contributed by atoms with Crippen LogP contribution in [0, 0.1) is 62.3 Å². The summed E-state index contributed by atoms with van der Waals surface area (Å²) in [6.45, 7) is 22.3. The summed E-state index contributed by atoms with van der Waals surface area (Å²) in [5.74, 6) is 0. The first-order chi connectivity index (χ1) is 43.2. The Morgan fingerprint density at radius 3 is 0.506 bits per heavy atom. The third kappa shape index (κ3) is 9.38. The molecule has 3 aliphatic heterocycles. The molecule has 89 heavy (non-hydrogen) atoms. The van der Waals surface area contributed by atoms with E-state index in [0.29, 0.717) is 0 Å². The zero-order valence-corrected chi connectivity index (χ0v) is 53.4. The van der Waals surface area contributed by atoms with E-state index in [9.17, 15) is 0 Å². The molecule has 434 valence electrons. The fraction of sp³-hybridized carbons (Fsp3) is 0.122. The number of hydrogen-bond donors (Lipinski definition) is 0. The minimum Gasteiger partial charge on any atom is -0.310 e. The van der Waals surface area contributed by atoms with E-state index >= 15 is 0 Å². The van der Waals surface area contributed by atoms with Crippen LogP contribution in [0.2, 0.25) is 6.55 Å². The number of anilines is 18. The number of aryl methyl sites for hydroxylation is 9. The molecule has 12 aromatic carbocycles. The summed E-state index contributed by atoms with van der Waals surface area (Å²) in [6, 6.07) is 97.2. The lowest BCUT2D eigenvalue weighted by molar-refractivity contribution is 1.18. The van der Waals surface area contributed by atoms with Crippen molar-refractivity contribution >= 4 is 126 Å². The second kappa shape index (κ2) is 21.5. The SMILES string of the molecule is Cc1ccc(N(c2ccc(C)cc2)c2cc3c4c(c2)N(c2ccc(C)cc2)c2cc(N(c5ccc(C)cc5)c5ccc(C)cc5)cc5c2[Si]4(C)c2c(cc(N(c4ccc(C)cc4)c4ccc(C)cc4)cc2N5c2ccc(C)cc2)N3c2ccc(C)cc2)cc1. The second-order valence-corrected chi connectivity index (χ2v) is 29.0. The molecule has 15 rings (SSSR count). The van der Waals surface area contributed by atoms with Crippen molar-refractivity contribution in [1.29, 1.82) is 0 Å². The van der Waals surface area contributed by atoms with Gasteiger partial charge in [-0.1, -0.05) is 166 Å². The van der Waals surface area contributed by atoms with Crippen LogP contribution in [0.25, 0.3) is 0 Å². The van der Waals surface area contributed by atoms with Crippen LogP contribution in [0.4, 0.5) is 102 Å². The van der Waals surface area contributed by atoms with Crippen molar-refractivity contribution < 1.29 is 0 Å². The van der Waals surface area contributed by atoms with Gasteiger partial charge in [0.2, 0.25) is 0 Å². The summed E-state index contributed by atoms with van der Waals surface area (Å²) >= 11 is 0. The van der Waals surface area contributed by atoms with Crippen molar-refractivity contribution in [3.63, 3.8) is 0 Å². The zero-order chi connectivity index (χ0) is 61.0. The van der Waals surface area contributed by atoms with E-state index in [1.54, 1.807) is 0 Å². The molecule has 6 nitrogen and oxygen atoms in total. The monoisotopic (exact) mass is 1170 g/mol. The molecule has 0 saturated heterocycles. The first kappa shape index (κ1) is 55.3. The van der Waals surface area contributed by atoms with Crippen molar-refractivity contribution in [2.75, 3.05) is 29.4 Å². The van der Waals surface area contributed by atoms with Crippen LogP contribution in [0.3, 0.4) is 0 Å². The Hall–Kier alpha value is -10.3. The van der Waals surface area contributed by atoms with Gasteiger partial charge in [0, 0.05) is 51.2 Å². The van der Waals surface area contributed by atoms with E-state index in [0.717, 1.165) is 68.2 Å². The third-order valence-electron chi connectivity index (χ3n) is 18.6. The Labute approximate surface area is 526 Å². The summed E-state index contributed by atoms with van der Waals surface area (Å²) in [5.41, 5.74) is 31.0. The molecule has 0 amide bonds. The maximum absolute atomic E-state index is 3.24. The molecule has 0 spiro atoms. The van der Waals surface area contributed by atoms with Crippen LogP contribution in [-0.4, -0.2) is 8.07 Å². The molecule has 12 aromatic rings. The maximum atomic E-state index is 2.68. The van der Waals surface area contributed by atoms with Gasteiger partial charge < -0.3 is 29.4 Å². The summed E-state index contributed by atoms with van der Waals surface area (Å²) in [6.07, 6.45) is 0. The van der Waals surface area contributed by atoms with Gasteiger partial charge in [0.1, 0.15) is 0 Å². The predicted molar refractivity (Wildman–Crippen MR) is 381 cm³/mol. The predicted octanol–water partition coefficient (Wildman–Crippen LogP) is 21.3. The molecule has 0 aliphatic carbocycles. The van der Waals surface area contributed by atoms with Crippen LogP contribution < -0.4 is 45.0 Å². The molecule has 7 heteroatoms. The smallest absolute Gasteiger partial charge is 0.161 e. The first-order valence-electron chi connectivity index (χ1n) is 31.1. The fourth-order valence-corrected chi connectivity index (χ4v) is 18.9. The topological polar surface area (TPSA) is 19.4 Å². The van der Waals surface area contributed by atoms with Crippen LogP contribution >= 0.6 is 0 Å². The van der Waals surface area contributed by atoms with Crippen LogP contribution in [0.5, 0.6) is 0 Å². The normalized spacial score (nSPS) is 13.1. The van der Waals surface area contributed by atoms with Crippen LogP contribution in [0.1, 0.15) is 50.1 Å². The lowest BCUT2D eigenvalue weighted by Crippen LogP contribution is -2.74. The molecule has 0 N–H and O–H groups in total. The van der Waals surface area contributed by atoms with Gasteiger partial charge in [-0.2, -0.15) is 0 Å². The lowest BCUT2D eigenvalue weighted by Gasteiger charge is -2.55. The van der Waals surface area contributed by atoms with Gasteiger partial charge >= 0.3 is 0 Å². The summed E-state index contributed by atoms with van der Waals surface area (Å²) in [5, 5.41) is 4.14. The zero-order valence-electron chi connectivity index (χ0n) is 52.4. The highest BCUT2D eigenvalue weighted by Crippen LogP contribution is 2.57. The van der Waals surface area contributed by atoms with Crippen molar-refractivity contribution in [1.82, 2.24) is 0 Å². The fourth-order valence-electron chi connectivity index (χ4n) is 14.0. The van der Waals surface area contributed by atoms with E-state index in [1.165, 1.54) is 99.8 Å². The molecular weight excluding hydrogens is 1100 g/mol. The van der Waals surface area contributed by atoms with E-state index < -0.39 is 8.07 Å². The Kier molecular flexibility index (Phi) is 13.4. The molecule has 0 unspecified atom stereocenters. The van der Waals surface area contributed by atoms with Crippen molar-refractivity contribution in [3.05, 3.63) is 305 Å². The standard InChI is InChI=1S/C82H72N6Si/c1-53-11-29-62(30-12-53)83(63-31-13-54(2)14-32-63)71-47-74-80-75(48-71)87(69-43-25-60(8)26-44-69)77-50-73(85(66-37-19-57(5)20-38-66)67-39-21-58(6)22-40-67)52-79-82(77)89(80,10)81-76(86(74)68-41-23-59(7)24-42-68)49-72(51-78(81)88(79)70-45-27-61(9)28-46-70)84(64-33-15-55(3)16-34-64)65-35-17-56(4)18-36-65/h11-52H,1-10H3. The van der Waals surface area contributed by atoms with Gasteiger partial charge in [0.15, 0.2) is 8.07 Å². The summed E-state index contributed by atoms with van der Waals surface area (Å²) < 4.78 is 0. The van der Waals surface area contributed by atoms with Gasteiger partial charge in [0.05, 0.1) is 51.2 Å². The number of nitrogens with zero attached hydrogens (tertiary/aromatic N) is 6. The maximum Gasteiger partial charge on any atom is 0.161 e. The highest BCUT2D eigenvalue weighted by atomic mass is 28.3. The highest BCUT2D eigenvalue weighted by molar-refractivity contribution is 7.16. The molecule has 0 fully saturated rings. The number of benzene rings is 12. The molecule has 0 aromatic heterocycles. The van der Waals surface area contributed by atoms with Crippen LogP contribution in [-0.2, 0) is 0 Å². The highest BCUT2D eigenvalue weighted by Gasteiger charge is 2.57. The minimum atomic E-state index is -3.24. The van der Waals surface area contributed by atoms with Crippen molar-refractivity contribution in [3.8, 4) is 0 Å². The van der Waals surface area contributed by atoms with Crippen molar-refractivity contribution in [2.24, 2.45) is 0 Å². The molecule has 0 saturated carbocycles. The average Bonchev–Trinajstić information content (AvgIpc) is 0.659. The van der Waals surface area contributed by atoms with E-state index in [4.69, 9.17) is 0 Å². The number of hydrogen-bond acceptors (Lipinski definition) is 6. The summed E-state index contributed by atoms with van der Waals surface area (Å²) in [7, 11) is -3.24. The van der Waals surface area contributed by atoms with Gasteiger partial charge in [-0.3, -0.25) is 0 Å². The van der Waals surface area contributed by atoms with Gasteiger partial charge in [-0.15, -0.1) is 0 Å². The number of rotatable bonds is 12. The van der Waals surface area contributed by atoms with Crippen molar-refractivity contribution in [2.45, 2.75) is 68.9 Å². The molecule has 0 atom stereocenters. The van der Waals surface area contributed by atoms with Gasteiger partial charge in [-0.25, -0.2) is 0 Å². The Morgan fingerprint density at radius 1 is 0.202 bits per heavy atom. The van der Waals surface area contributed by atoms with Gasteiger partial charge in [-0.05, 0) is 223 Å². The molecule has 0 bridgehead atoms.